The number of carboxylic acid groups (broad SMARTS) is 1. The van der Waals surface area contributed by atoms with Crippen LogP contribution in [0.4, 0.5) is 5.69 Å². The molecule has 138 valence electrons. The predicted octanol–water partition coefficient (Wildman–Crippen LogP) is 2.71. The number of hydrogen-bond donors (Lipinski definition) is 3. The number of carbonyl (C=O) groups excluding carboxylic acids is 1. The number of aliphatic hydroxyl groups is 1. The van der Waals surface area contributed by atoms with Gasteiger partial charge in [-0.3, -0.25) is 4.79 Å². The molecule has 0 saturated heterocycles. The smallest absolute Gasteiger partial charge is 0.337 e. The largest absolute Gasteiger partial charge is 0.478 e. The molecule has 0 spiro atoms. The van der Waals surface area contributed by atoms with E-state index in [0.29, 0.717) is 12.2 Å². The molecule has 2 unspecified atom stereocenters. The van der Waals surface area contributed by atoms with Gasteiger partial charge in [0.2, 0.25) is 0 Å². The first-order chi connectivity index (χ1) is 12.4. The molecule has 2 aromatic carbocycles. The minimum absolute atomic E-state index is 0.0466. The predicted molar refractivity (Wildman–Crippen MR) is 101 cm³/mol. The molecule has 0 radical (unpaired) electrons. The molecule has 0 bridgehead atoms. The molecule has 0 heterocycles. The molecule has 1 amide bonds. The number of carboxylic acids is 1. The van der Waals surface area contributed by atoms with Gasteiger partial charge in [-0.1, -0.05) is 41.9 Å². The highest BCUT2D eigenvalue weighted by Crippen LogP contribution is 2.28. The first kappa shape index (κ1) is 19.9. The molecule has 7 heteroatoms. The summed E-state index contributed by atoms with van der Waals surface area (Å²) in [7, 11) is 1.55. The van der Waals surface area contributed by atoms with Crippen molar-refractivity contribution in [1.82, 2.24) is 5.32 Å². The lowest BCUT2D eigenvalue weighted by atomic mass is 9.95. The van der Waals surface area contributed by atoms with Crippen molar-refractivity contribution in [1.29, 1.82) is 0 Å². The van der Waals surface area contributed by atoms with Gasteiger partial charge in [0.25, 0.3) is 5.91 Å². The summed E-state index contributed by atoms with van der Waals surface area (Å²) in [6.07, 6.45) is -1.49. The summed E-state index contributed by atoms with van der Waals surface area (Å²) in [4.78, 5) is 25.9. The topological polar surface area (TPSA) is 89.9 Å². The van der Waals surface area contributed by atoms with Crippen molar-refractivity contribution in [3.8, 4) is 0 Å². The summed E-state index contributed by atoms with van der Waals surface area (Å²) in [6.45, 7) is 2.16. The molecular formula is C19H21ClN2O4. The second-order valence-electron chi connectivity index (χ2n) is 5.64. The van der Waals surface area contributed by atoms with E-state index in [4.69, 9.17) is 11.6 Å². The fourth-order valence-corrected chi connectivity index (χ4v) is 3.15. The molecule has 0 aliphatic heterocycles. The van der Waals surface area contributed by atoms with Crippen LogP contribution >= 0.6 is 11.6 Å². The Morgan fingerprint density at radius 1 is 1.15 bits per heavy atom. The van der Waals surface area contributed by atoms with Crippen LogP contribution in [0, 0.1) is 0 Å². The maximum absolute atomic E-state index is 12.9. The highest BCUT2D eigenvalue weighted by atomic mass is 35.5. The molecule has 0 aliphatic carbocycles. The van der Waals surface area contributed by atoms with Crippen LogP contribution in [0.3, 0.4) is 0 Å². The zero-order chi connectivity index (χ0) is 19.3. The van der Waals surface area contributed by atoms with E-state index in [0.717, 1.165) is 0 Å². The Labute approximate surface area is 157 Å². The van der Waals surface area contributed by atoms with E-state index >= 15 is 0 Å². The number of amides is 1. The fraction of sp³-hybridized carbons (Fsp3) is 0.263. The molecule has 0 aliphatic rings. The number of hydrogen-bond acceptors (Lipinski definition) is 4. The lowest BCUT2D eigenvalue weighted by Gasteiger charge is -2.29. The first-order valence-electron chi connectivity index (χ1n) is 8.15. The number of para-hydroxylation sites is 1. The third kappa shape index (κ3) is 4.04. The van der Waals surface area contributed by atoms with E-state index in [1.54, 1.807) is 44.3 Å². The van der Waals surface area contributed by atoms with Gasteiger partial charge in [0.05, 0.1) is 16.6 Å². The van der Waals surface area contributed by atoms with Gasteiger partial charge in [0, 0.05) is 12.2 Å². The van der Waals surface area contributed by atoms with Crippen LogP contribution in [-0.2, 0) is 4.79 Å². The number of nitrogens with zero attached hydrogens (tertiary/aromatic N) is 1. The number of carbonyl (C=O) groups is 2. The summed E-state index contributed by atoms with van der Waals surface area (Å²) in [5.74, 6) is -1.75. The average Bonchev–Trinajstić information content (AvgIpc) is 2.63. The second-order valence-corrected chi connectivity index (χ2v) is 6.05. The van der Waals surface area contributed by atoms with Gasteiger partial charge in [-0.15, -0.1) is 0 Å². The number of aliphatic hydroxyl groups excluding tert-OH is 1. The van der Waals surface area contributed by atoms with Crippen LogP contribution in [0.5, 0.6) is 0 Å². The van der Waals surface area contributed by atoms with Crippen LogP contribution in [-0.4, -0.2) is 41.8 Å². The van der Waals surface area contributed by atoms with Crippen LogP contribution in [0.15, 0.2) is 48.5 Å². The maximum atomic E-state index is 12.9. The van der Waals surface area contributed by atoms with Crippen molar-refractivity contribution >= 4 is 29.2 Å². The highest BCUT2D eigenvalue weighted by molar-refractivity contribution is 6.33. The number of halogens is 1. The molecule has 2 atom stereocenters. The molecule has 0 fully saturated rings. The van der Waals surface area contributed by atoms with Crippen LogP contribution in [0.2, 0.25) is 5.02 Å². The zero-order valence-electron chi connectivity index (χ0n) is 14.5. The Balaban J connectivity index is 2.40. The summed E-state index contributed by atoms with van der Waals surface area (Å²) in [6, 6.07) is 12.6. The molecule has 3 N–H and O–H groups in total. The SMILES string of the molecule is CCN(C(=O)C(O)C(NC)c1cccc(Cl)c1C(=O)O)c1ccccc1. The van der Waals surface area contributed by atoms with E-state index in [9.17, 15) is 19.8 Å². The summed E-state index contributed by atoms with van der Waals surface area (Å²) in [5.41, 5.74) is 0.763. The maximum Gasteiger partial charge on any atom is 0.337 e. The summed E-state index contributed by atoms with van der Waals surface area (Å²) < 4.78 is 0. The number of rotatable bonds is 7. The quantitative estimate of drug-likeness (QED) is 0.691. The fourth-order valence-electron chi connectivity index (χ4n) is 2.88. The average molecular weight is 377 g/mol. The normalized spacial score (nSPS) is 13.1. The van der Waals surface area contributed by atoms with E-state index in [2.05, 4.69) is 5.32 Å². The zero-order valence-corrected chi connectivity index (χ0v) is 15.3. The molecule has 6 nitrogen and oxygen atoms in total. The van der Waals surface area contributed by atoms with Gasteiger partial charge in [0.15, 0.2) is 6.10 Å². The van der Waals surface area contributed by atoms with E-state index in [1.807, 2.05) is 6.07 Å². The van der Waals surface area contributed by atoms with E-state index in [-0.39, 0.29) is 16.1 Å². The van der Waals surface area contributed by atoms with Crippen LogP contribution < -0.4 is 10.2 Å². The van der Waals surface area contributed by atoms with Gasteiger partial charge in [-0.25, -0.2) is 4.79 Å². The molecule has 0 aromatic heterocycles. The van der Waals surface area contributed by atoms with Gasteiger partial charge < -0.3 is 20.4 Å². The second kappa shape index (κ2) is 8.80. The van der Waals surface area contributed by atoms with Gasteiger partial charge in [-0.2, -0.15) is 0 Å². The van der Waals surface area contributed by atoms with Crippen LogP contribution in [0.1, 0.15) is 28.9 Å². The lowest BCUT2D eigenvalue weighted by molar-refractivity contribution is -0.128. The van der Waals surface area contributed by atoms with Crippen molar-refractivity contribution in [3.05, 3.63) is 64.7 Å². The Morgan fingerprint density at radius 3 is 2.35 bits per heavy atom. The van der Waals surface area contributed by atoms with Crippen molar-refractivity contribution < 1.29 is 19.8 Å². The number of aromatic carboxylic acids is 1. The van der Waals surface area contributed by atoms with Crippen molar-refractivity contribution in [2.24, 2.45) is 0 Å². The summed E-state index contributed by atoms with van der Waals surface area (Å²) >= 11 is 6.01. The number of nitrogens with one attached hydrogen (secondary N) is 1. The van der Waals surface area contributed by atoms with Crippen molar-refractivity contribution in [3.63, 3.8) is 0 Å². The molecule has 0 saturated carbocycles. The monoisotopic (exact) mass is 376 g/mol. The Hall–Kier alpha value is -2.41. The Bertz CT molecular complexity index is 782. The number of likely N-dealkylation sites (N-methyl/N-ethyl adjacent to an activating group) is 2. The van der Waals surface area contributed by atoms with Crippen molar-refractivity contribution in [2.45, 2.75) is 19.1 Å². The van der Waals surface area contributed by atoms with Crippen LogP contribution in [0.25, 0.3) is 0 Å². The van der Waals surface area contributed by atoms with Gasteiger partial charge in [0.1, 0.15) is 0 Å². The van der Waals surface area contributed by atoms with Gasteiger partial charge >= 0.3 is 5.97 Å². The van der Waals surface area contributed by atoms with E-state index < -0.39 is 24.0 Å². The lowest BCUT2D eigenvalue weighted by Crippen LogP contribution is -2.45. The third-order valence-corrected chi connectivity index (χ3v) is 4.44. The highest BCUT2D eigenvalue weighted by Gasteiger charge is 2.33. The number of benzene rings is 2. The molecular weight excluding hydrogens is 356 g/mol. The minimum atomic E-state index is -1.49. The van der Waals surface area contributed by atoms with Gasteiger partial charge in [-0.05, 0) is 37.7 Å². The van der Waals surface area contributed by atoms with E-state index in [1.165, 1.54) is 17.0 Å². The summed E-state index contributed by atoms with van der Waals surface area (Å²) in [5, 5.41) is 23.0. The number of anilines is 1. The minimum Gasteiger partial charge on any atom is -0.478 e. The third-order valence-electron chi connectivity index (χ3n) is 4.12. The Kier molecular flexibility index (Phi) is 6.74. The first-order valence-corrected chi connectivity index (χ1v) is 8.53. The molecule has 2 aromatic rings. The standard InChI is InChI=1S/C19H21ClN2O4/c1-3-22(12-8-5-4-6-9-12)18(24)17(23)16(21-2)13-10-7-11-14(20)15(13)19(25)26/h4-11,16-17,21,23H,3H2,1-2H3,(H,25,26). The molecule has 26 heavy (non-hydrogen) atoms. The Morgan fingerprint density at radius 2 is 1.81 bits per heavy atom. The molecule has 2 rings (SSSR count). The van der Waals surface area contributed by atoms with Crippen molar-refractivity contribution in [2.75, 3.05) is 18.5 Å².